The van der Waals surface area contributed by atoms with E-state index in [-0.39, 0.29) is 5.28 Å². The molecule has 2 aromatic carbocycles. The molecule has 0 N–H and O–H groups in total. The number of hydrogen-bond acceptors (Lipinski definition) is 6. The first-order valence-electron chi connectivity index (χ1n) is 9.59. The van der Waals surface area contributed by atoms with Crippen LogP contribution in [0, 0.1) is 6.92 Å². The van der Waals surface area contributed by atoms with Crippen molar-refractivity contribution in [1.29, 1.82) is 0 Å². The van der Waals surface area contributed by atoms with Crippen LogP contribution in [0.5, 0.6) is 11.5 Å². The molecule has 0 aliphatic carbocycles. The van der Waals surface area contributed by atoms with Gasteiger partial charge < -0.3 is 14.4 Å². The number of ether oxygens (including phenoxy) is 2. The molecule has 0 fully saturated rings. The zero-order valence-corrected chi connectivity index (χ0v) is 18.8. The number of nitrogens with zero attached hydrogens (tertiary/aromatic N) is 3. The molecule has 0 amide bonds. The Kier molecular flexibility index (Phi) is 5.79. The molecule has 30 heavy (non-hydrogen) atoms. The highest BCUT2D eigenvalue weighted by Gasteiger charge is 2.23. The summed E-state index contributed by atoms with van der Waals surface area (Å²) in [5.41, 5.74) is 3.16. The minimum absolute atomic E-state index is 0.243. The minimum Gasteiger partial charge on any atom is -0.493 e. The van der Waals surface area contributed by atoms with Crippen molar-refractivity contribution in [3.63, 3.8) is 0 Å². The van der Waals surface area contributed by atoms with E-state index in [0.717, 1.165) is 44.3 Å². The topological polar surface area (TPSA) is 47.5 Å². The van der Waals surface area contributed by atoms with Gasteiger partial charge in [0, 0.05) is 22.7 Å². The number of halogens is 1. The summed E-state index contributed by atoms with van der Waals surface area (Å²) in [6.07, 6.45) is 0. The molecule has 0 atom stereocenters. The van der Waals surface area contributed by atoms with Crippen LogP contribution >= 0.6 is 22.9 Å². The maximum Gasteiger partial charge on any atom is 0.225 e. The summed E-state index contributed by atoms with van der Waals surface area (Å²) in [4.78, 5) is 13.3. The van der Waals surface area contributed by atoms with Gasteiger partial charge >= 0.3 is 0 Å². The first-order valence-corrected chi connectivity index (χ1v) is 10.8. The van der Waals surface area contributed by atoms with Gasteiger partial charge in [-0.05, 0) is 55.3 Å². The minimum atomic E-state index is 0.243. The number of benzene rings is 2. The van der Waals surface area contributed by atoms with Crippen LogP contribution in [-0.4, -0.2) is 30.7 Å². The third-order valence-electron chi connectivity index (χ3n) is 4.99. The van der Waals surface area contributed by atoms with E-state index >= 15 is 0 Å². The van der Waals surface area contributed by atoms with E-state index in [4.69, 9.17) is 21.1 Å². The molecule has 0 aliphatic rings. The predicted molar refractivity (Wildman–Crippen MR) is 125 cm³/mol. The number of anilines is 2. The fourth-order valence-corrected chi connectivity index (χ4v) is 4.92. The fourth-order valence-electron chi connectivity index (χ4n) is 3.67. The van der Waals surface area contributed by atoms with Gasteiger partial charge in [-0.25, -0.2) is 4.98 Å². The van der Waals surface area contributed by atoms with Crippen LogP contribution in [0.25, 0.3) is 21.3 Å². The summed E-state index contributed by atoms with van der Waals surface area (Å²) >= 11 is 7.94. The maximum absolute atomic E-state index is 6.33. The van der Waals surface area contributed by atoms with E-state index in [2.05, 4.69) is 40.8 Å². The number of aromatic nitrogens is 2. The largest absolute Gasteiger partial charge is 0.493 e. The lowest BCUT2D eigenvalue weighted by Gasteiger charge is -2.23. The Balaban J connectivity index is 2.00. The molecule has 0 spiro atoms. The van der Waals surface area contributed by atoms with Crippen LogP contribution in [0.4, 0.5) is 11.5 Å². The summed E-state index contributed by atoms with van der Waals surface area (Å²) < 4.78 is 10.9. The lowest BCUT2D eigenvalue weighted by Crippen LogP contribution is -2.18. The van der Waals surface area contributed by atoms with Crippen LogP contribution in [0.1, 0.15) is 11.8 Å². The molecule has 7 heteroatoms. The highest BCUT2D eigenvalue weighted by atomic mass is 35.5. The highest BCUT2D eigenvalue weighted by Crippen LogP contribution is 2.45. The fraction of sp³-hybridized carbons (Fsp3) is 0.217. The standard InChI is InChI=1S/C23H22ClN3O2S/c1-5-27(16-9-7-6-8-10-16)21-20-19(14(2)30-22(20)26-23(24)25-21)15-11-12-17(28-3)18(13-15)29-4/h6-13H,5H2,1-4H3. The summed E-state index contributed by atoms with van der Waals surface area (Å²) in [7, 11) is 3.28. The Morgan fingerprint density at radius 3 is 2.40 bits per heavy atom. The zero-order valence-electron chi connectivity index (χ0n) is 17.3. The summed E-state index contributed by atoms with van der Waals surface area (Å²) in [5.74, 6) is 2.17. The number of methoxy groups -OCH3 is 2. The van der Waals surface area contributed by atoms with E-state index in [1.165, 1.54) is 0 Å². The summed E-state index contributed by atoms with van der Waals surface area (Å²) in [6, 6.07) is 16.1. The normalized spacial score (nSPS) is 11.0. The van der Waals surface area contributed by atoms with Gasteiger partial charge in [-0.3, -0.25) is 0 Å². The second-order valence-electron chi connectivity index (χ2n) is 6.68. The Morgan fingerprint density at radius 1 is 1.00 bits per heavy atom. The van der Waals surface area contributed by atoms with E-state index in [1.807, 2.05) is 36.4 Å². The van der Waals surface area contributed by atoms with Crippen molar-refractivity contribution in [2.24, 2.45) is 0 Å². The van der Waals surface area contributed by atoms with Crippen molar-refractivity contribution in [1.82, 2.24) is 9.97 Å². The van der Waals surface area contributed by atoms with E-state index in [9.17, 15) is 0 Å². The second kappa shape index (κ2) is 8.50. The lowest BCUT2D eigenvalue weighted by molar-refractivity contribution is 0.355. The van der Waals surface area contributed by atoms with Crippen molar-refractivity contribution in [3.8, 4) is 22.6 Å². The Labute approximate surface area is 184 Å². The van der Waals surface area contributed by atoms with Gasteiger partial charge in [0.2, 0.25) is 5.28 Å². The predicted octanol–water partition coefficient (Wildman–Crippen LogP) is 6.50. The van der Waals surface area contributed by atoms with Gasteiger partial charge in [-0.15, -0.1) is 11.3 Å². The first kappa shape index (κ1) is 20.4. The Morgan fingerprint density at radius 2 is 1.73 bits per heavy atom. The number of rotatable bonds is 6. The number of para-hydroxylation sites is 1. The molecule has 4 aromatic rings. The Bertz CT molecular complexity index is 1190. The van der Waals surface area contributed by atoms with Gasteiger partial charge in [-0.1, -0.05) is 24.3 Å². The van der Waals surface area contributed by atoms with Crippen molar-refractivity contribution in [2.45, 2.75) is 13.8 Å². The molecule has 0 saturated heterocycles. The quantitative estimate of drug-likeness (QED) is 0.321. The molecule has 0 unspecified atom stereocenters. The molecule has 0 saturated carbocycles. The van der Waals surface area contributed by atoms with Gasteiger partial charge in [0.25, 0.3) is 0 Å². The third kappa shape index (κ3) is 3.57. The van der Waals surface area contributed by atoms with E-state index < -0.39 is 0 Å². The number of fused-ring (bicyclic) bond motifs is 1. The lowest BCUT2D eigenvalue weighted by atomic mass is 10.0. The van der Waals surface area contributed by atoms with E-state index in [0.29, 0.717) is 11.5 Å². The SMILES string of the molecule is CCN(c1ccccc1)c1nc(Cl)nc2sc(C)c(-c3ccc(OC)c(OC)c3)c12. The molecule has 0 bridgehead atoms. The summed E-state index contributed by atoms with van der Waals surface area (Å²) in [5, 5.41) is 1.23. The monoisotopic (exact) mass is 439 g/mol. The maximum atomic E-state index is 6.33. The van der Waals surface area contributed by atoms with Gasteiger partial charge in [0.1, 0.15) is 10.6 Å². The molecular formula is C23H22ClN3O2S. The van der Waals surface area contributed by atoms with Crippen LogP contribution in [0.3, 0.4) is 0 Å². The molecule has 0 radical (unpaired) electrons. The van der Waals surface area contributed by atoms with Crippen LogP contribution in [0.15, 0.2) is 48.5 Å². The number of thiophene rings is 1. The average molecular weight is 440 g/mol. The smallest absolute Gasteiger partial charge is 0.225 e. The van der Waals surface area contributed by atoms with Crippen molar-refractivity contribution in [2.75, 3.05) is 25.7 Å². The number of hydrogen-bond donors (Lipinski definition) is 0. The van der Waals surface area contributed by atoms with Crippen LogP contribution in [0.2, 0.25) is 5.28 Å². The molecule has 2 heterocycles. The van der Waals surface area contributed by atoms with Crippen LogP contribution in [-0.2, 0) is 0 Å². The zero-order chi connectivity index (χ0) is 21.3. The summed E-state index contributed by atoms with van der Waals surface area (Å²) in [6.45, 7) is 4.94. The van der Waals surface area contributed by atoms with Crippen molar-refractivity contribution < 1.29 is 9.47 Å². The molecule has 4 rings (SSSR count). The third-order valence-corrected chi connectivity index (χ3v) is 6.16. The Hall–Kier alpha value is -2.83. The molecule has 5 nitrogen and oxygen atoms in total. The highest BCUT2D eigenvalue weighted by molar-refractivity contribution is 7.19. The second-order valence-corrected chi connectivity index (χ2v) is 8.22. The van der Waals surface area contributed by atoms with Gasteiger partial charge in [-0.2, -0.15) is 4.98 Å². The molecule has 0 aliphatic heterocycles. The van der Waals surface area contributed by atoms with Crippen molar-refractivity contribution >= 4 is 44.7 Å². The molecular weight excluding hydrogens is 418 g/mol. The molecule has 2 aromatic heterocycles. The molecule has 154 valence electrons. The average Bonchev–Trinajstić information content (AvgIpc) is 3.09. The first-order chi connectivity index (χ1) is 14.6. The number of aryl methyl sites for hydroxylation is 1. The van der Waals surface area contributed by atoms with E-state index in [1.54, 1.807) is 25.6 Å². The van der Waals surface area contributed by atoms with Crippen molar-refractivity contribution in [3.05, 3.63) is 58.7 Å². The van der Waals surface area contributed by atoms with Gasteiger partial charge in [0.15, 0.2) is 11.5 Å². The van der Waals surface area contributed by atoms with Crippen LogP contribution < -0.4 is 14.4 Å². The van der Waals surface area contributed by atoms with Gasteiger partial charge in [0.05, 0.1) is 19.6 Å².